The Balaban J connectivity index is 2.22. The number of hydrogen-bond acceptors (Lipinski definition) is 4. The Morgan fingerprint density at radius 2 is 2.08 bits per heavy atom. The molecule has 1 fully saturated rings. The molecule has 3 N–H and O–H groups in total. The summed E-state index contributed by atoms with van der Waals surface area (Å²) in [6.07, 6.45) is 1.57. The summed E-state index contributed by atoms with van der Waals surface area (Å²) in [4.78, 5) is 18.2. The van der Waals surface area contributed by atoms with Crippen molar-refractivity contribution >= 4 is 11.9 Å². The Kier molecular flexibility index (Phi) is 10.4. The number of nitrogens with one attached hydrogen (secondary N) is 3. The molecular weight excluding hydrogens is 306 g/mol. The zero-order valence-electron chi connectivity index (χ0n) is 15.7. The van der Waals surface area contributed by atoms with Crippen LogP contribution < -0.4 is 16.0 Å². The van der Waals surface area contributed by atoms with Crippen molar-refractivity contribution in [2.45, 2.75) is 39.7 Å². The molecule has 140 valence electrons. The van der Waals surface area contributed by atoms with Crippen LogP contribution in [0.2, 0.25) is 0 Å². The number of carbonyl (C=O) groups excluding carboxylic acids is 1. The van der Waals surface area contributed by atoms with E-state index in [1.807, 2.05) is 6.92 Å². The van der Waals surface area contributed by atoms with Crippen LogP contribution in [0.3, 0.4) is 0 Å². The number of amides is 1. The van der Waals surface area contributed by atoms with Crippen molar-refractivity contribution in [2.75, 3.05) is 52.9 Å². The highest BCUT2D eigenvalue weighted by Crippen LogP contribution is 2.07. The van der Waals surface area contributed by atoms with E-state index in [-0.39, 0.29) is 12.0 Å². The van der Waals surface area contributed by atoms with Gasteiger partial charge in [0, 0.05) is 52.7 Å². The first-order chi connectivity index (χ1) is 11.5. The molecular formula is C17H35N5O2. The third-order valence-corrected chi connectivity index (χ3v) is 3.78. The van der Waals surface area contributed by atoms with Crippen LogP contribution in [0.1, 0.15) is 33.6 Å². The molecule has 7 nitrogen and oxygen atoms in total. The van der Waals surface area contributed by atoms with Crippen LogP contribution in [0, 0.1) is 5.92 Å². The number of ether oxygens (including phenoxy) is 1. The third kappa shape index (κ3) is 9.08. The van der Waals surface area contributed by atoms with Crippen LogP contribution in [-0.4, -0.2) is 75.8 Å². The van der Waals surface area contributed by atoms with Crippen molar-refractivity contribution in [1.29, 1.82) is 0 Å². The third-order valence-electron chi connectivity index (χ3n) is 3.78. The molecule has 1 unspecified atom stereocenters. The van der Waals surface area contributed by atoms with Gasteiger partial charge in [-0.2, -0.15) is 0 Å². The minimum atomic E-state index is 0.0692. The molecule has 0 spiro atoms. The Labute approximate surface area is 146 Å². The Bertz CT molecular complexity index is 387. The fraction of sp³-hybridized carbons (Fsp3) is 0.882. The molecule has 1 rings (SSSR count). The minimum absolute atomic E-state index is 0.0692. The molecule has 1 aliphatic rings. The molecule has 0 radical (unpaired) electrons. The molecule has 0 aromatic rings. The highest BCUT2D eigenvalue weighted by Gasteiger charge is 2.21. The van der Waals surface area contributed by atoms with Crippen LogP contribution in [0.15, 0.2) is 4.99 Å². The molecule has 1 atom stereocenters. The number of nitrogens with zero attached hydrogens (tertiary/aromatic N) is 2. The highest BCUT2D eigenvalue weighted by molar-refractivity contribution is 5.81. The van der Waals surface area contributed by atoms with E-state index in [0.29, 0.717) is 24.8 Å². The predicted octanol–water partition coefficient (Wildman–Crippen LogP) is 0.425. The Morgan fingerprint density at radius 3 is 2.75 bits per heavy atom. The van der Waals surface area contributed by atoms with Gasteiger partial charge in [-0.25, -0.2) is 0 Å². The standard InChI is InChI=1S/C17H35N5O2/c1-5-7-19-16(23)6-8-20-17(18-4)21-11-15-13-22(9-10-24-15)12-14(2)3/h14-15H,5-13H2,1-4H3,(H,19,23)(H2,18,20,21). The SMILES string of the molecule is CCCNC(=O)CCNC(=NC)NCC1CN(CC(C)C)CCO1. The number of carbonyl (C=O) groups is 1. The average Bonchev–Trinajstić information content (AvgIpc) is 2.55. The number of aliphatic imine (C=N–C) groups is 1. The number of morpholine rings is 1. The largest absolute Gasteiger partial charge is 0.374 e. The molecule has 0 saturated carbocycles. The van der Waals surface area contributed by atoms with Gasteiger partial charge in [-0.15, -0.1) is 0 Å². The lowest BCUT2D eigenvalue weighted by Gasteiger charge is -2.34. The van der Waals surface area contributed by atoms with Gasteiger partial charge >= 0.3 is 0 Å². The lowest BCUT2D eigenvalue weighted by atomic mass is 10.2. The first kappa shape index (κ1) is 20.7. The van der Waals surface area contributed by atoms with Crippen molar-refractivity contribution in [2.24, 2.45) is 10.9 Å². The normalized spacial score (nSPS) is 19.4. The van der Waals surface area contributed by atoms with Crippen molar-refractivity contribution in [3.05, 3.63) is 0 Å². The van der Waals surface area contributed by atoms with Crippen molar-refractivity contribution < 1.29 is 9.53 Å². The second kappa shape index (κ2) is 12.1. The zero-order chi connectivity index (χ0) is 17.8. The molecule has 1 amide bonds. The second-order valence-corrected chi connectivity index (χ2v) is 6.63. The molecule has 1 saturated heterocycles. The van der Waals surface area contributed by atoms with Crippen molar-refractivity contribution in [3.8, 4) is 0 Å². The summed E-state index contributed by atoms with van der Waals surface area (Å²) in [5.41, 5.74) is 0. The van der Waals surface area contributed by atoms with Crippen molar-refractivity contribution in [1.82, 2.24) is 20.9 Å². The molecule has 7 heteroatoms. The van der Waals surface area contributed by atoms with Gasteiger partial charge in [0.05, 0.1) is 12.7 Å². The molecule has 0 aliphatic carbocycles. The lowest BCUT2D eigenvalue weighted by Crippen LogP contribution is -2.50. The van der Waals surface area contributed by atoms with Crippen LogP contribution in [0.5, 0.6) is 0 Å². The molecule has 1 aliphatic heterocycles. The Hall–Kier alpha value is -1.34. The van der Waals surface area contributed by atoms with Gasteiger partial charge in [0.1, 0.15) is 0 Å². The van der Waals surface area contributed by atoms with Gasteiger partial charge in [-0.3, -0.25) is 14.7 Å². The van der Waals surface area contributed by atoms with Gasteiger partial charge in [-0.05, 0) is 12.3 Å². The molecule has 0 bridgehead atoms. The highest BCUT2D eigenvalue weighted by atomic mass is 16.5. The fourth-order valence-corrected chi connectivity index (χ4v) is 2.66. The monoisotopic (exact) mass is 341 g/mol. The molecule has 1 heterocycles. The summed E-state index contributed by atoms with van der Waals surface area (Å²) in [5, 5.41) is 9.32. The van der Waals surface area contributed by atoms with E-state index >= 15 is 0 Å². The lowest BCUT2D eigenvalue weighted by molar-refractivity contribution is -0.120. The maximum absolute atomic E-state index is 11.6. The van der Waals surface area contributed by atoms with Gasteiger partial charge in [0.2, 0.25) is 5.91 Å². The van der Waals surface area contributed by atoms with E-state index in [2.05, 4.69) is 39.7 Å². The summed E-state index contributed by atoms with van der Waals surface area (Å²) in [7, 11) is 1.74. The van der Waals surface area contributed by atoms with Crippen LogP contribution in [0.4, 0.5) is 0 Å². The van der Waals surface area contributed by atoms with Crippen LogP contribution in [-0.2, 0) is 9.53 Å². The van der Waals surface area contributed by atoms with Crippen LogP contribution in [0.25, 0.3) is 0 Å². The fourth-order valence-electron chi connectivity index (χ4n) is 2.66. The first-order valence-corrected chi connectivity index (χ1v) is 9.10. The summed E-state index contributed by atoms with van der Waals surface area (Å²) in [6.45, 7) is 12.4. The van der Waals surface area contributed by atoms with E-state index in [0.717, 1.165) is 45.8 Å². The Morgan fingerprint density at radius 1 is 1.29 bits per heavy atom. The molecule has 24 heavy (non-hydrogen) atoms. The molecule has 0 aromatic carbocycles. The topological polar surface area (TPSA) is 78.0 Å². The van der Waals surface area contributed by atoms with Gasteiger partial charge < -0.3 is 20.7 Å². The van der Waals surface area contributed by atoms with E-state index < -0.39 is 0 Å². The second-order valence-electron chi connectivity index (χ2n) is 6.63. The van der Waals surface area contributed by atoms with Crippen LogP contribution >= 0.6 is 0 Å². The smallest absolute Gasteiger partial charge is 0.221 e. The number of hydrogen-bond donors (Lipinski definition) is 3. The van der Waals surface area contributed by atoms with E-state index in [4.69, 9.17) is 4.74 Å². The van der Waals surface area contributed by atoms with Gasteiger partial charge in [0.25, 0.3) is 0 Å². The quantitative estimate of drug-likeness (QED) is 0.419. The van der Waals surface area contributed by atoms with E-state index in [1.165, 1.54) is 0 Å². The van der Waals surface area contributed by atoms with E-state index in [1.54, 1.807) is 7.05 Å². The average molecular weight is 342 g/mol. The zero-order valence-corrected chi connectivity index (χ0v) is 15.7. The van der Waals surface area contributed by atoms with Crippen molar-refractivity contribution in [3.63, 3.8) is 0 Å². The predicted molar refractivity (Wildman–Crippen MR) is 98.3 cm³/mol. The molecule has 0 aromatic heterocycles. The maximum atomic E-state index is 11.6. The first-order valence-electron chi connectivity index (χ1n) is 9.10. The van der Waals surface area contributed by atoms with Gasteiger partial charge in [-0.1, -0.05) is 20.8 Å². The summed E-state index contributed by atoms with van der Waals surface area (Å²) in [5.74, 6) is 1.45. The van der Waals surface area contributed by atoms with E-state index in [9.17, 15) is 4.79 Å². The van der Waals surface area contributed by atoms with Gasteiger partial charge in [0.15, 0.2) is 5.96 Å². The minimum Gasteiger partial charge on any atom is -0.374 e. The number of rotatable bonds is 9. The summed E-state index contributed by atoms with van der Waals surface area (Å²) in [6, 6.07) is 0. The summed E-state index contributed by atoms with van der Waals surface area (Å²) < 4.78 is 5.82. The maximum Gasteiger partial charge on any atom is 0.221 e. The summed E-state index contributed by atoms with van der Waals surface area (Å²) >= 11 is 0. The number of guanidine groups is 1.